The Morgan fingerprint density at radius 3 is 2.72 bits per heavy atom. The number of aromatic nitrogens is 2. The van der Waals surface area contributed by atoms with Crippen LogP contribution < -0.4 is 5.32 Å². The molecule has 0 unspecified atom stereocenters. The first kappa shape index (κ1) is 18.0. The fourth-order valence-electron chi connectivity index (χ4n) is 3.98. The average Bonchev–Trinajstić information content (AvgIpc) is 2.62. The molecule has 7 heteroatoms. The number of halogens is 2. The smallest absolute Gasteiger partial charge is 0.248 e. The van der Waals surface area contributed by atoms with Crippen molar-refractivity contribution in [2.75, 3.05) is 25.5 Å². The molecule has 5 nitrogen and oxygen atoms in total. The lowest BCUT2D eigenvalue weighted by Crippen LogP contribution is -2.45. The Balaban J connectivity index is 1.58. The molecule has 1 aliphatic heterocycles. The maximum absolute atomic E-state index is 13.3. The van der Waals surface area contributed by atoms with E-state index in [4.69, 9.17) is 0 Å². The highest BCUT2D eigenvalue weighted by Gasteiger charge is 2.39. The van der Waals surface area contributed by atoms with Crippen LogP contribution in [0, 0.1) is 11.8 Å². The van der Waals surface area contributed by atoms with Gasteiger partial charge in [-0.15, -0.1) is 0 Å². The van der Waals surface area contributed by atoms with Crippen LogP contribution in [0.2, 0.25) is 0 Å². The topological polar surface area (TPSA) is 58.1 Å². The Morgan fingerprint density at radius 2 is 2.00 bits per heavy atom. The molecule has 1 atom stereocenters. The lowest BCUT2D eigenvalue weighted by Gasteiger charge is -2.37. The van der Waals surface area contributed by atoms with Crippen LogP contribution in [-0.4, -0.2) is 46.8 Å². The van der Waals surface area contributed by atoms with Gasteiger partial charge in [0.25, 0.3) is 0 Å². The van der Waals surface area contributed by atoms with Crippen LogP contribution in [0.1, 0.15) is 44.2 Å². The van der Waals surface area contributed by atoms with Gasteiger partial charge in [0.05, 0.1) is 5.69 Å². The molecule has 2 fully saturated rings. The molecule has 2 aliphatic rings. The van der Waals surface area contributed by atoms with Crippen molar-refractivity contribution in [3.8, 4) is 0 Å². The van der Waals surface area contributed by atoms with Crippen LogP contribution in [0.4, 0.5) is 14.6 Å². The molecule has 1 aliphatic carbocycles. The van der Waals surface area contributed by atoms with Gasteiger partial charge >= 0.3 is 0 Å². The second-order valence-corrected chi connectivity index (χ2v) is 7.23. The molecule has 25 heavy (non-hydrogen) atoms. The standard InChI is InChI=1S/C18H26F2N4O/c1-21-16-15(22-8-9-23-16)11-13-3-2-10-24(12-13)17(25)14-4-6-18(19,20)7-5-14/h8-9,13-14H,2-7,10-12H2,1H3,(H,21,23)/t13-/m1/s1. The van der Waals surface area contributed by atoms with Gasteiger partial charge in [0.15, 0.2) is 0 Å². The lowest BCUT2D eigenvalue weighted by molar-refractivity contribution is -0.141. The molecule has 1 saturated heterocycles. The summed E-state index contributed by atoms with van der Waals surface area (Å²) < 4.78 is 26.6. The number of amides is 1. The number of rotatable bonds is 4. The Kier molecular flexibility index (Phi) is 5.49. The first-order valence-electron chi connectivity index (χ1n) is 9.13. The summed E-state index contributed by atoms with van der Waals surface area (Å²) in [5.41, 5.74) is 0.918. The predicted molar refractivity (Wildman–Crippen MR) is 91.5 cm³/mol. The van der Waals surface area contributed by atoms with Crippen molar-refractivity contribution >= 4 is 11.7 Å². The Labute approximate surface area is 147 Å². The Hall–Kier alpha value is -1.79. The molecule has 1 N–H and O–H groups in total. The zero-order valence-electron chi connectivity index (χ0n) is 14.7. The molecule has 1 aromatic rings. The molecule has 1 amide bonds. The van der Waals surface area contributed by atoms with E-state index in [0.717, 1.165) is 37.3 Å². The summed E-state index contributed by atoms with van der Waals surface area (Å²) in [6.45, 7) is 1.42. The molecule has 0 spiro atoms. The van der Waals surface area contributed by atoms with Gasteiger partial charge in [-0.3, -0.25) is 9.78 Å². The van der Waals surface area contributed by atoms with Crippen molar-refractivity contribution in [3.63, 3.8) is 0 Å². The molecule has 2 heterocycles. The van der Waals surface area contributed by atoms with Crippen LogP contribution in [0.5, 0.6) is 0 Å². The number of nitrogens with zero attached hydrogens (tertiary/aromatic N) is 3. The second-order valence-electron chi connectivity index (χ2n) is 7.23. The number of carbonyl (C=O) groups excluding carboxylic acids is 1. The number of hydrogen-bond donors (Lipinski definition) is 1. The van der Waals surface area contributed by atoms with Gasteiger partial charge in [0, 0.05) is 51.3 Å². The van der Waals surface area contributed by atoms with Crippen molar-refractivity contribution in [1.82, 2.24) is 14.9 Å². The molecule has 138 valence electrons. The quantitative estimate of drug-likeness (QED) is 0.904. The van der Waals surface area contributed by atoms with E-state index in [1.807, 2.05) is 11.9 Å². The summed E-state index contributed by atoms with van der Waals surface area (Å²) in [6.07, 6.45) is 6.41. The van der Waals surface area contributed by atoms with E-state index in [1.165, 1.54) is 0 Å². The van der Waals surface area contributed by atoms with Crippen molar-refractivity contribution in [1.29, 1.82) is 0 Å². The SMILES string of the molecule is CNc1nccnc1C[C@H]1CCCN(C(=O)C2CCC(F)(F)CC2)C1. The number of anilines is 1. The maximum atomic E-state index is 13.3. The number of hydrogen-bond acceptors (Lipinski definition) is 4. The Morgan fingerprint density at radius 1 is 1.28 bits per heavy atom. The summed E-state index contributed by atoms with van der Waals surface area (Å²) in [4.78, 5) is 23.3. The fourth-order valence-corrected chi connectivity index (χ4v) is 3.98. The maximum Gasteiger partial charge on any atom is 0.248 e. The number of likely N-dealkylation sites (tertiary alicyclic amines) is 1. The van der Waals surface area contributed by atoms with Gasteiger partial charge in [-0.25, -0.2) is 13.8 Å². The van der Waals surface area contributed by atoms with E-state index in [-0.39, 0.29) is 24.7 Å². The summed E-state index contributed by atoms with van der Waals surface area (Å²) in [6, 6.07) is 0. The van der Waals surface area contributed by atoms with Crippen LogP contribution in [0.15, 0.2) is 12.4 Å². The Bertz CT molecular complexity index is 600. The van der Waals surface area contributed by atoms with Crippen molar-refractivity contribution in [3.05, 3.63) is 18.1 Å². The number of alkyl halides is 2. The molecule has 0 aromatic carbocycles. The molecule has 3 rings (SSSR count). The van der Waals surface area contributed by atoms with Crippen LogP contribution in [0.3, 0.4) is 0 Å². The van der Waals surface area contributed by atoms with E-state index in [2.05, 4.69) is 15.3 Å². The van der Waals surface area contributed by atoms with E-state index in [0.29, 0.717) is 25.3 Å². The van der Waals surface area contributed by atoms with Gasteiger partial charge in [-0.05, 0) is 38.0 Å². The lowest BCUT2D eigenvalue weighted by atomic mass is 9.84. The van der Waals surface area contributed by atoms with Crippen molar-refractivity contribution in [2.45, 2.75) is 50.9 Å². The van der Waals surface area contributed by atoms with E-state index >= 15 is 0 Å². The van der Waals surface area contributed by atoms with Gasteiger partial charge in [0.2, 0.25) is 11.8 Å². The molecular formula is C18H26F2N4O. The summed E-state index contributed by atoms with van der Waals surface area (Å²) in [7, 11) is 1.82. The zero-order chi connectivity index (χ0) is 17.9. The molecule has 1 aromatic heterocycles. The number of nitrogens with one attached hydrogen (secondary N) is 1. The highest BCUT2D eigenvalue weighted by Crippen LogP contribution is 2.37. The van der Waals surface area contributed by atoms with Crippen molar-refractivity contribution in [2.24, 2.45) is 11.8 Å². The van der Waals surface area contributed by atoms with E-state index < -0.39 is 5.92 Å². The van der Waals surface area contributed by atoms with E-state index in [1.54, 1.807) is 12.4 Å². The minimum Gasteiger partial charge on any atom is -0.372 e. The van der Waals surface area contributed by atoms with Crippen molar-refractivity contribution < 1.29 is 13.6 Å². The third kappa shape index (κ3) is 4.44. The third-order valence-corrected chi connectivity index (χ3v) is 5.39. The first-order valence-corrected chi connectivity index (χ1v) is 9.13. The molecule has 1 saturated carbocycles. The summed E-state index contributed by atoms with van der Waals surface area (Å²) in [5.74, 6) is -1.64. The molecular weight excluding hydrogens is 326 g/mol. The largest absolute Gasteiger partial charge is 0.372 e. The van der Waals surface area contributed by atoms with Crippen LogP contribution in [-0.2, 0) is 11.2 Å². The van der Waals surface area contributed by atoms with Gasteiger partial charge < -0.3 is 10.2 Å². The summed E-state index contributed by atoms with van der Waals surface area (Å²) >= 11 is 0. The third-order valence-electron chi connectivity index (χ3n) is 5.39. The fraction of sp³-hybridized carbons (Fsp3) is 0.722. The molecule has 0 radical (unpaired) electrons. The zero-order valence-corrected chi connectivity index (χ0v) is 14.7. The van der Waals surface area contributed by atoms with Gasteiger partial charge in [-0.2, -0.15) is 0 Å². The second kappa shape index (κ2) is 7.62. The number of piperidine rings is 1. The van der Waals surface area contributed by atoms with Crippen LogP contribution in [0.25, 0.3) is 0 Å². The summed E-state index contributed by atoms with van der Waals surface area (Å²) in [5, 5.41) is 3.05. The number of carbonyl (C=O) groups is 1. The highest BCUT2D eigenvalue weighted by atomic mass is 19.3. The van der Waals surface area contributed by atoms with E-state index in [9.17, 15) is 13.6 Å². The normalized spacial score (nSPS) is 24.1. The minimum atomic E-state index is -2.59. The van der Waals surface area contributed by atoms with Crippen LogP contribution >= 0.6 is 0 Å². The van der Waals surface area contributed by atoms with Gasteiger partial charge in [-0.1, -0.05) is 0 Å². The van der Waals surface area contributed by atoms with Gasteiger partial charge in [0.1, 0.15) is 5.82 Å². The average molecular weight is 352 g/mol. The monoisotopic (exact) mass is 352 g/mol. The first-order chi connectivity index (χ1) is 12.0. The molecule has 0 bridgehead atoms. The highest BCUT2D eigenvalue weighted by molar-refractivity contribution is 5.79. The minimum absolute atomic E-state index is 0.0631. The predicted octanol–water partition coefficient (Wildman–Crippen LogP) is 3.12.